The van der Waals surface area contributed by atoms with Crippen LogP contribution in [0.5, 0.6) is 0 Å². The van der Waals surface area contributed by atoms with Gasteiger partial charge in [0.15, 0.2) is 5.82 Å². The van der Waals surface area contributed by atoms with Gasteiger partial charge >= 0.3 is 0 Å². The Balaban J connectivity index is 2.39. The van der Waals surface area contributed by atoms with Crippen LogP contribution < -0.4 is 5.73 Å². The lowest BCUT2D eigenvalue weighted by Crippen LogP contribution is -2.52. The summed E-state index contributed by atoms with van der Waals surface area (Å²) in [4.78, 5) is 4.30. The highest BCUT2D eigenvalue weighted by Crippen LogP contribution is 2.47. The van der Waals surface area contributed by atoms with E-state index in [0.29, 0.717) is 11.7 Å². The van der Waals surface area contributed by atoms with Gasteiger partial charge in [-0.1, -0.05) is 31.8 Å². The van der Waals surface area contributed by atoms with Crippen LogP contribution >= 0.6 is 0 Å². The van der Waals surface area contributed by atoms with Crippen molar-refractivity contribution in [2.45, 2.75) is 52.0 Å². The van der Waals surface area contributed by atoms with Gasteiger partial charge in [-0.25, -0.2) is 0 Å². The number of hydrogen-bond donors (Lipinski definition) is 1. The number of aryl methyl sites for hydroxylation is 1. The van der Waals surface area contributed by atoms with Gasteiger partial charge in [0.05, 0.1) is 5.54 Å². The van der Waals surface area contributed by atoms with Gasteiger partial charge in [-0.15, -0.1) is 0 Å². The molecule has 1 aromatic rings. The molecule has 1 aliphatic rings. The maximum absolute atomic E-state index is 6.49. The first kappa shape index (κ1) is 10.6. The van der Waals surface area contributed by atoms with Crippen molar-refractivity contribution < 1.29 is 4.52 Å². The fraction of sp³-hybridized carbons (Fsp3) is 0.818. The van der Waals surface area contributed by atoms with Crippen LogP contribution in [-0.4, -0.2) is 10.1 Å². The molecule has 1 saturated carbocycles. The first-order valence-electron chi connectivity index (χ1n) is 5.55. The summed E-state index contributed by atoms with van der Waals surface area (Å²) in [5.74, 6) is 1.26. The van der Waals surface area contributed by atoms with Crippen LogP contribution in [0.3, 0.4) is 0 Å². The molecule has 1 fully saturated rings. The van der Waals surface area contributed by atoms with E-state index in [4.69, 9.17) is 10.3 Å². The lowest BCUT2D eigenvalue weighted by Gasteiger charge is -2.45. The van der Waals surface area contributed by atoms with Crippen LogP contribution in [0.1, 0.15) is 51.2 Å². The van der Waals surface area contributed by atoms with Crippen LogP contribution in [-0.2, 0) is 5.54 Å². The number of nitrogens with zero attached hydrogens (tertiary/aromatic N) is 2. The van der Waals surface area contributed by atoms with E-state index in [1.54, 1.807) is 6.92 Å². The largest absolute Gasteiger partial charge is 0.340 e. The maximum Gasteiger partial charge on any atom is 0.223 e. The van der Waals surface area contributed by atoms with E-state index in [9.17, 15) is 0 Å². The standard InChI is InChI=1S/C11H19N3O/c1-8-13-9(14-15-8)11(12)7-5-4-6-10(11,2)3/h4-7,12H2,1-3H3. The van der Waals surface area contributed by atoms with E-state index in [0.717, 1.165) is 19.3 Å². The Kier molecular flexibility index (Phi) is 2.34. The minimum absolute atomic E-state index is 0.0432. The molecule has 1 unspecified atom stereocenters. The van der Waals surface area contributed by atoms with Crippen molar-refractivity contribution in [1.82, 2.24) is 10.1 Å². The molecular formula is C11H19N3O. The highest BCUT2D eigenvalue weighted by molar-refractivity contribution is 5.12. The molecule has 0 aromatic carbocycles. The Labute approximate surface area is 90.2 Å². The second-order valence-corrected chi connectivity index (χ2v) is 5.20. The zero-order valence-corrected chi connectivity index (χ0v) is 9.71. The minimum atomic E-state index is -0.428. The van der Waals surface area contributed by atoms with Crippen molar-refractivity contribution in [2.75, 3.05) is 0 Å². The Morgan fingerprint density at radius 3 is 2.47 bits per heavy atom. The van der Waals surface area contributed by atoms with E-state index in [-0.39, 0.29) is 5.41 Å². The molecule has 2 N–H and O–H groups in total. The summed E-state index contributed by atoms with van der Waals surface area (Å²) in [6.45, 7) is 6.19. The molecule has 4 heteroatoms. The third kappa shape index (κ3) is 1.57. The van der Waals surface area contributed by atoms with Crippen LogP contribution in [0.4, 0.5) is 0 Å². The molecule has 2 rings (SSSR count). The van der Waals surface area contributed by atoms with Crippen molar-refractivity contribution >= 4 is 0 Å². The Hall–Kier alpha value is -0.900. The quantitative estimate of drug-likeness (QED) is 0.769. The molecule has 1 heterocycles. The second-order valence-electron chi connectivity index (χ2n) is 5.20. The van der Waals surface area contributed by atoms with E-state index in [1.807, 2.05) is 0 Å². The molecule has 1 aromatic heterocycles. The van der Waals surface area contributed by atoms with E-state index in [2.05, 4.69) is 24.0 Å². The van der Waals surface area contributed by atoms with Gasteiger partial charge in [0, 0.05) is 6.92 Å². The first-order chi connectivity index (χ1) is 6.96. The molecule has 15 heavy (non-hydrogen) atoms. The van der Waals surface area contributed by atoms with Gasteiger partial charge < -0.3 is 10.3 Å². The number of aromatic nitrogens is 2. The fourth-order valence-electron chi connectivity index (χ4n) is 2.43. The zero-order chi connectivity index (χ0) is 11.1. The smallest absolute Gasteiger partial charge is 0.223 e. The molecule has 84 valence electrons. The van der Waals surface area contributed by atoms with Gasteiger partial charge in [-0.2, -0.15) is 4.98 Å². The predicted octanol–water partition coefficient (Wildman–Crippen LogP) is 2.13. The average Bonchev–Trinajstić information content (AvgIpc) is 2.58. The molecule has 4 nitrogen and oxygen atoms in total. The third-order valence-electron chi connectivity index (χ3n) is 3.76. The molecule has 0 radical (unpaired) electrons. The second kappa shape index (κ2) is 3.30. The van der Waals surface area contributed by atoms with Crippen molar-refractivity contribution in [2.24, 2.45) is 11.1 Å². The summed E-state index contributed by atoms with van der Waals surface area (Å²) in [6, 6.07) is 0. The predicted molar refractivity (Wildman–Crippen MR) is 57.1 cm³/mol. The lowest BCUT2D eigenvalue weighted by molar-refractivity contribution is 0.0872. The van der Waals surface area contributed by atoms with Crippen LogP contribution in [0.15, 0.2) is 4.52 Å². The molecule has 0 spiro atoms. The highest BCUT2D eigenvalue weighted by Gasteiger charge is 2.47. The minimum Gasteiger partial charge on any atom is -0.340 e. The number of rotatable bonds is 1. The Bertz CT molecular complexity index is 358. The van der Waals surface area contributed by atoms with Gasteiger partial charge in [0.2, 0.25) is 5.89 Å². The normalized spacial score (nSPS) is 30.4. The molecule has 0 saturated heterocycles. The number of hydrogen-bond acceptors (Lipinski definition) is 4. The molecule has 1 aliphatic carbocycles. The summed E-state index contributed by atoms with van der Waals surface area (Å²) in [5.41, 5.74) is 6.10. The zero-order valence-electron chi connectivity index (χ0n) is 9.71. The summed E-state index contributed by atoms with van der Waals surface area (Å²) in [6.07, 6.45) is 4.45. The van der Waals surface area contributed by atoms with Crippen molar-refractivity contribution in [3.63, 3.8) is 0 Å². The Morgan fingerprint density at radius 2 is 1.93 bits per heavy atom. The van der Waals surface area contributed by atoms with Crippen LogP contribution in [0.2, 0.25) is 0 Å². The summed E-state index contributed by atoms with van der Waals surface area (Å²) in [5, 5.41) is 4.00. The van der Waals surface area contributed by atoms with Gasteiger partial charge in [-0.3, -0.25) is 0 Å². The van der Waals surface area contributed by atoms with Crippen molar-refractivity contribution in [3.8, 4) is 0 Å². The highest BCUT2D eigenvalue weighted by atomic mass is 16.5. The fourth-order valence-corrected chi connectivity index (χ4v) is 2.43. The number of nitrogens with two attached hydrogens (primary N) is 1. The van der Waals surface area contributed by atoms with E-state index >= 15 is 0 Å². The van der Waals surface area contributed by atoms with Crippen LogP contribution in [0, 0.1) is 12.3 Å². The first-order valence-corrected chi connectivity index (χ1v) is 5.55. The molecule has 0 amide bonds. The topological polar surface area (TPSA) is 64.9 Å². The molecular weight excluding hydrogens is 190 g/mol. The van der Waals surface area contributed by atoms with Crippen molar-refractivity contribution in [1.29, 1.82) is 0 Å². The van der Waals surface area contributed by atoms with Gasteiger partial charge in [-0.05, 0) is 18.3 Å². The lowest BCUT2D eigenvalue weighted by atomic mass is 9.63. The molecule has 0 aliphatic heterocycles. The third-order valence-corrected chi connectivity index (χ3v) is 3.76. The van der Waals surface area contributed by atoms with Crippen molar-refractivity contribution in [3.05, 3.63) is 11.7 Å². The van der Waals surface area contributed by atoms with Crippen LogP contribution in [0.25, 0.3) is 0 Å². The average molecular weight is 209 g/mol. The monoisotopic (exact) mass is 209 g/mol. The SMILES string of the molecule is Cc1nc(C2(N)CCCCC2(C)C)no1. The maximum atomic E-state index is 6.49. The van der Waals surface area contributed by atoms with E-state index in [1.165, 1.54) is 6.42 Å². The van der Waals surface area contributed by atoms with Gasteiger partial charge in [0.25, 0.3) is 0 Å². The van der Waals surface area contributed by atoms with E-state index < -0.39 is 5.54 Å². The summed E-state index contributed by atoms with van der Waals surface area (Å²) < 4.78 is 5.04. The molecule has 0 bridgehead atoms. The summed E-state index contributed by atoms with van der Waals surface area (Å²) in [7, 11) is 0. The Morgan fingerprint density at radius 1 is 1.27 bits per heavy atom. The summed E-state index contributed by atoms with van der Waals surface area (Å²) >= 11 is 0. The van der Waals surface area contributed by atoms with Gasteiger partial charge in [0.1, 0.15) is 0 Å². The molecule has 1 atom stereocenters.